The molecular formula is C20H24N2. The summed E-state index contributed by atoms with van der Waals surface area (Å²) in [6, 6.07) is 6.10. The molecule has 1 aliphatic rings. The minimum Gasteiger partial charge on any atom is -0.332 e. The largest absolute Gasteiger partial charge is 0.332 e. The van der Waals surface area contributed by atoms with Gasteiger partial charge in [0, 0.05) is 23.2 Å². The van der Waals surface area contributed by atoms with Crippen LogP contribution in [0.25, 0.3) is 5.70 Å². The first kappa shape index (κ1) is 16.0. The highest BCUT2D eigenvalue weighted by Gasteiger charge is 2.40. The Morgan fingerprint density at radius 2 is 2.00 bits per heavy atom. The topological polar surface area (TPSA) is 27.1 Å². The second-order valence-electron chi connectivity index (χ2n) is 6.10. The van der Waals surface area contributed by atoms with Crippen molar-refractivity contribution in [2.24, 2.45) is 0 Å². The fourth-order valence-electron chi connectivity index (χ4n) is 3.00. The van der Waals surface area contributed by atoms with E-state index in [0.29, 0.717) is 0 Å². The lowest BCUT2D eigenvalue weighted by Gasteiger charge is -2.35. The smallest absolute Gasteiger partial charge is 0.0653 e. The van der Waals surface area contributed by atoms with Gasteiger partial charge in [0.15, 0.2) is 0 Å². The Kier molecular flexibility index (Phi) is 4.23. The fourth-order valence-corrected chi connectivity index (χ4v) is 3.00. The van der Waals surface area contributed by atoms with E-state index in [9.17, 15) is 0 Å². The first-order valence-corrected chi connectivity index (χ1v) is 7.48. The van der Waals surface area contributed by atoms with Crippen LogP contribution in [-0.4, -0.2) is 11.1 Å². The van der Waals surface area contributed by atoms with E-state index < -0.39 is 0 Å². The lowest BCUT2D eigenvalue weighted by Crippen LogP contribution is -2.33. The molecule has 0 unspecified atom stereocenters. The summed E-state index contributed by atoms with van der Waals surface area (Å²) in [5.41, 5.74) is 6.24. The van der Waals surface area contributed by atoms with Crippen molar-refractivity contribution >= 4 is 11.9 Å². The maximum Gasteiger partial charge on any atom is 0.0653 e. The summed E-state index contributed by atoms with van der Waals surface area (Å²) in [5.74, 6) is 0. The molecule has 0 radical (unpaired) electrons. The number of fused-ring (bicyclic) bond motifs is 1. The molecule has 2 rings (SSSR count). The van der Waals surface area contributed by atoms with E-state index in [1.165, 1.54) is 17.4 Å². The molecule has 1 heterocycles. The highest BCUT2D eigenvalue weighted by Crippen LogP contribution is 2.47. The molecule has 1 N–H and O–H groups in total. The van der Waals surface area contributed by atoms with Crippen molar-refractivity contribution in [3.8, 4) is 0 Å². The summed E-state index contributed by atoms with van der Waals surface area (Å²) in [6.45, 7) is 16.7. The van der Waals surface area contributed by atoms with Gasteiger partial charge in [0.1, 0.15) is 0 Å². The van der Waals surface area contributed by atoms with Gasteiger partial charge >= 0.3 is 0 Å². The fraction of sp³-hybridized carbons (Fsp3) is 0.250. The van der Waals surface area contributed by atoms with Gasteiger partial charge in [-0.1, -0.05) is 36.9 Å². The molecule has 1 aromatic rings. The van der Waals surface area contributed by atoms with Gasteiger partial charge < -0.3 is 10.3 Å². The Morgan fingerprint density at radius 1 is 1.32 bits per heavy atom. The van der Waals surface area contributed by atoms with Gasteiger partial charge in [-0.2, -0.15) is 0 Å². The molecule has 0 amide bonds. The maximum absolute atomic E-state index is 7.48. The van der Waals surface area contributed by atoms with Crippen molar-refractivity contribution in [1.82, 2.24) is 4.90 Å². The van der Waals surface area contributed by atoms with E-state index in [2.05, 4.69) is 63.1 Å². The highest BCUT2D eigenvalue weighted by molar-refractivity contribution is 5.82. The normalized spacial score (nSPS) is 17.5. The van der Waals surface area contributed by atoms with Crippen LogP contribution in [0.2, 0.25) is 0 Å². The van der Waals surface area contributed by atoms with E-state index in [-0.39, 0.29) is 5.54 Å². The van der Waals surface area contributed by atoms with E-state index in [1.807, 2.05) is 19.1 Å². The predicted molar refractivity (Wildman–Crippen MR) is 95.9 cm³/mol. The zero-order chi connectivity index (χ0) is 16.5. The number of rotatable bonds is 4. The molecule has 114 valence electrons. The monoisotopic (exact) mass is 292 g/mol. The summed E-state index contributed by atoms with van der Waals surface area (Å²) in [5, 5.41) is 7.48. The third-order valence-electron chi connectivity index (χ3n) is 4.31. The van der Waals surface area contributed by atoms with Crippen LogP contribution in [-0.2, 0) is 5.54 Å². The van der Waals surface area contributed by atoms with Crippen LogP contribution in [0.5, 0.6) is 0 Å². The lowest BCUT2D eigenvalue weighted by molar-refractivity contribution is 0.279. The molecule has 22 heavy (non-hydrogen) atoms. The van der Waals surface area contributed by atoms with E-state index >= 15 is 0 Å². The average molecular weight is 292 g/mol. The minimum atomic E-state index is -0.223. The number of hydrogen-bond donors (Lipinski definition) is 1. The molecule has 0 aliphatic carbocycles. The van der Waals surface area contributed by atoms with Gasteiger partial charge in [-0.3, -0.25) is 0 Å². The van der Waals surface area contributed by atoms with Gasteiger partial charge in [-0.05, 0) is 57.0 Å². The SMILES string of the molecule is C=C/C(=C\C(C)=C/C)N1C(=C)c2ccc(C=N)cc2C1(C)C. The third-order valence-corrected chi connectivity index (χ3v) is 4.31. The second kappa shape index (κ2) is 5.80. The molecule has 0 saturated heterocycles. The Morgan fingerprint density at radius 3 is 2.55 bits per heavy atom. The predicted octanol–water partition coefficient (Wildman–Crippen LogP) is 5.24. The number of benzene rings is 1. The van der Waals surface area contributed by atoms with Gasteiger partial charge in [-0.25, -0.2) is 0 Å². The quantitative estimate of drug-likeness (QED) is 0.596. The molecule has 0 atom stereocenters. The number of nitrogens with one attached hydrogen (secondary N) is 1. The van der Waals surface area contributed by atoms with Crippen LogP contribution in [0.3, 0.4) is 0 Å². The molecule has 0 bridgehead atoms. The molecule has 0 aromatic heterocycles. The molecule has 0 saturated carbocycles. The molecular weight excluding hydrogens is 268 g/mol. The molecule has 1 aromatic carbocycles. The Labute approximate surface area is 133 Å². The summed E-state index contributed by atoms with van der Waals surface area (Å²) >= 11 is 0. The highest BCUT2D eigenvalue weighted by atomic mass is 15.2. The van der Waals surface area contributed by atoms with E-state index in [0.717, 1.165) is 22.5 Å². The van der Waals surface area contributed by atoms with Gasteiger partial charge in [-0.15, -0.1) is 0 Å². The average Bonchev–Trinajstić information content (AvgIpc) is 2.71. The minimum absolute atomic E-state index is 0.223. The molecule has 0 spiro atoms. The second-order valence-corrected chi connectivity index (χ2v) is 6.10. The van der Waals surface area contributed by atoms with Gasteiger partial charge in [0.05, 0.1) is 5.54 Å². The third kappa shape index (κ3) is 2.45. The van der Waals surface area contributed by atoms with Gasteiger partial charge in [0.2, 0.25) is 0 Å². The zero-order valence-electron chi connectivity index (χ0n) is 13.9. The number of hydrogen-bond acceptors (Lipinski definition) is 2. The Bertz CT molecular complexity index is 702. The maximum atomic E-state index is 7.48. The zero-order valence-corrected chi connectivity index (χ0v) is 13.9. The standard InChI is InChI=1S/C20H24N2/c1-7-14(3)11-17(8-2)22-15(4)18-10-9-16(13-21)12-19(18)20(22,5)6/h7-13,21H,2,4H2,1,3,5-6H3/b14-7-,17-11+,21-13?. The van der Waals surface area contributed by atoms with Crippen molar-refractivity contribution in [1.29, 1.82) is 5.41 Å². The van der Waals surface area contributed by atoms with Crippen molar-refractivity contribution in [3.05, 3.63) is 77.5 Å². The van der Waals surface area contributed by atoms with Gasteiger partial charge in [0.25, 0.3) is 0 Å². The van der Waals surface area contributed by atoms with E-state index in [1.54, 1.807) is 0 Å². The van der Waals surface area contributed by atoms with E-state index in [4.69, 9.17) is 5.41 Å². The Balaban J connectivity index is 2.61. The van der Waals surface area contributed by atoms with Crippen LogP contribution < -0.4 is 0 Å². The molecule has 1 aliphatic heterocycles. The number of nitrogens with zero attached hydrogens (tertiary/aromatic N) is 1. The van der Waals surface area contributed by atoms with Crippen LogP contribution >= 0.6 is 0 Å². The first-order valence-electron chi connectivity index (χ1n) is 7.48. The van der Waals surface area contributed by atoms with Crippen LogP contribution in [0.15, 0.2) is 60.9 Å². The van der Waals surface area contributed by atoms with Crippen molar-refractivity contribution in [2.75, 3.05) is 0 Å². The number of allylic oxidation sites excluding steroid dienone is 4. The summed E-state index contributed by atoms with van der Waals surface area (Å²) in [4.78, 5) is 2.23. The van der Waals surface area contributed by atoms with Crippen LogP contribution in [0.4, 0.5) is 0 Å². The molecule has 2 nitrogen and oxygen atoms in total. The first-order chi connectivity index (χ1) is 10.4. The summed E-state index contributed by atoms with van der Waals surface area (Å²) in [6.07, 6.45) is 7.47. The Hall–Kier alpha value is -2.35. The van der Waals surface area contributed by atoms with Crippen molar-refractivity contribution < 1.29 is 0 Å². The summed E-state index contributed by atoms with van der Waals surface area (Å²) in [7, 11) is 0. The lowest BCUT2D eigenvalue weighted by atomic mass is 9.92. The van der Waals surface area contributed by atoms with Crippen LogP contribution in [0, 0.1) is 5.41 Å². The van der Waals surface area contributed by atoms with Crippen molar-refractivity contribution in [2.45, 2.75) is 33.2 Å². The molecule has 0 fully saturated rings. The van der Waals surface area contributed by atoms with Crippen molar-refractivity contribution in [3.63, 3.8) is 0 Å². The van der Waals surface area contributed by atoms with Crippen LogP contribution in [0.1, 0.15) is 44.4 Å². The molecule has 2 heteroatoms. The summed E-state index contributed by atoms with van der Waals surface area (Å²) < 4.78 is 0.